The maximum atomic E-state index is 11.3. The third-order valence-electron chi connectivity index (χ3n) is 4.41. The summed E-state index contributed by atoms with van der Waals surface area (Å²) in [5.74, 6) is -0.954. The van der Waals surface area contributed by atoms with E-state index in [0.29, 0.717) is 6.42 Å². The summed E-state index contributed by atoms with van der Waals surface area (Å²) in [6.07, 6.45) is 10.5. The number of carbonyl (C=O) groups is 2. The van der Waals surface area contributed by atoms with E-state index >= 15 is 0 Å². The lowest BCUT2D eigenvalue weighted by Crippen LogP contribution is -2.24. The molecule has 1 aromatic carbocycles. The van der Waals surface area contributed by atoms with Gasteiger partial charge < -0.3 is 9.47 Å². The Morgan fingerprint density at radius 1 is 0.889 bits per heavy atom. The Kier molecular flexibility index (Phi) is 11.2. The zero-order valence-corrected chi connectivity index (χ0v) is 17.3. The molecule has 0 fully saturated rings. The number of carbonyl (C=O) groups excluding carboxylic acids is 2. The van der Waals surface area contributed by atoms with Crippen molar-refractivity contribution in [2.45, 2.75) is 85.4 Å². The van der Waals surface area contributed by atoms with Crippen LogP contribution in [0.3, 0.4) is 0 Å². The van der Waals surface area contributed by atoms with E-state index in [4.69, 9.17) is 9.47 Å². The highest BCUT2D eigenvalue weighted by molar-refractivity contribution is 5.69. The van der Waals surface area contributed by atoms with Crippen molar-refractivity contribution in [2.24, 2.45) is 0 Å². The number of hydrogen-bond donors (Lipinski definition) is 0. The van der Waals surface area contributed by atoms with Gasteiger partial charge in [-0.05, 0) is 36.5 Å². The number of ether oxygens (including phenoxy) is 2. The fourth-order valence-electron chi connectivity index (χ4n) is 2.92. The van der Waals surface area contributed by atoms with Gasteiger partial charge in [0.05, 0.1) is 0 Å². The summed E-state index contributed by atoms with van der Waals surface area (Å²) in [4.78, 5) is 22.6. The first kappa shape index (κ1) is 22.9. The number of hydrogen-bond acceptors (Lipinski definition) is 4. The van der Waals surface area contributed by atoms with Gasteiger partial charge >= 0.3 is 11.9 Å². The topological polar surface area (TPSA) is 52.6 Å². The van der Waals surface area contributed by atoms with Crippen molar-refractivity contribution in [1.29, 1.82) is 0 Å². The Bertz CT molecular complexity index is 585. The molecule has 0 radical (unpaired) electrons. The standard InChI is InChI=1S/C23H34O4/c1-5-7-8-9-10-11-12-20-13-15-21(16-14-20)17-22(6-2)23(26-18(3)24)27-19(4)25/h13-17,23H,5-12H2,1-4H3. The van der Waals surface area contributed by atoms with Crippen LogP contribution in [0.5, 0.6) is 0 Å². The van der Waals surface area contributed by atoms with Gasteiger partial charge in [0, 0.05) is 19.4 Å². The summed E-state index contributed by atoms with van der Waals surface area (Å²) in [5, 5.41) is 0. The monoisotopic (exact) mass is 374 g/mol. The van der Waals surface area contributed by atoms with Gasteiger partial charge in [-0.1, -0.05) is 70.2 Å². The fraction of sp³-hybridized carbons (Fsp3) is 0.565. The first-order chi connectivity index (χ1) is 13.0. The zero-order valence-electron chi connectivity index (χ0n) is 17.3. The van der Waals surface area contributed by atoms with Crippen molar-refractivity contribution in [3.05, 3.63) is 41.0 Å². The van der Waals surface area contributed by atoms with E-state index in [2.05, 4.69) is 31.2 Å². The molecular formula is C23H34O4. The van der Waals surface area contributed by atoms with Crippen LogP contribution in [0.15, 0.2) is 29.8 Å². The molecule has 0 aromatic heterocycles. The van der Waals surface area contributed by atoms with E-state index in [1.807, 2.05) is 13.0 Å². The molecule has 1 rings (SSSR count). The minimum absolute atomic E-state index is 0.477. The lowest BCUT2D eigenvalue weighted by Gasteiger charge is -2.19. The first-order valence-electron chi connectivity index (χ1n) is 10.1. The molecule has 1 aromatic rings. The third kappa shape index (κ3) is 9.97. The predicted octanol–water partition coefficient (Wildman–Crippen LogP) is 5.84. The second-order valence-corrected chi connectivity index (χ2v) is 6.88. The summed E-state index contributed by atoms with van der Waals surface area (Å²) < 4.78 is 10.3. The predicted molar refractivity (Wildman–Crippen MR) is 109 cm³/mol. The lowest BCUT2D eigenvalue weighted by atomic mass is 10.0. The molecule has 0 heterocycles. The van der Waals surface area contributed by atoms with E-state index in [1.54, 1.807) is 0 Å². The van der Waals surface area contributed by atoms with Crippen LogP contribution < -0.4 is 0 Å². The Hall–Kier alpha value is -2.10. The molecule has 0 aliphatic carbocycles. The maximum Gasteiger partial charge on any atom is 0.305 e. The van der Waals surface area contributed by atoms with Crippen LogP contribution in [0.1, 0.15) is 83.8 Å². The number of rotatable bonds is 12. The fourth-order valence-corrected chi connectivity index (χ4v) is 2.92. The first-order valence-corrected chi connectivity index (χ1v) is 10.1. The molecule has 0 atom stereocenters. The van der Waals surface area contributed by atoms with Gasteiger partial charge in [0.2, 0.25) is 0 Å². The van der Waals surface area contributed by atoms with Crippen molar-refractivity contribution < 1.29 is 19.1 Å². The molecule has 0 spiro atoms. The quantitative estimate of drug-likeness (QED) is 0.262. The van der Waals surface area contributed by atoms with E-state index in [9.17, 15) is 9.59 Å². The van der Waals surface area contributed by atoms with Gasteiger partial charge in [-0.3, -0.25) is 9.59 Å². The van der Waals surface area contributed by atoms with Crippen LogP contribution in [0.2, 0.25) is 0 Å². The molecule has 0 unspecified atom stereocenters. The van der Waals surface area contributed by atoms with E-state index in [1.165, 1.54) is 57.9 Å². The summed E-state index contributed by atoms with van der Waals surface area (Å²) >= 11 is 0. The molecule has 27 heavy (non-hydrogen) atoms. The number of esters is 2. The van der Waals surface area contributed by atoms with Crippen molar-refractivity contribution in [2.75, 3.05) is 0 Å². The minimum atomic E-state index is -0.965. The number of benzene rings is 1. The number of aryl methyl sites for hydroxylation is 1. The van der Waals surface area contributed by atoms with E-state index < -0.39 is 18.2 Å². The highest BCUT2D eigenvalue weighted by atomic mass is 16.7. The van der Waals surface area contributed by atoms with Crippen molar-refractivity contribution in [3.8, 4) is 0 Å². The van der Waals surface area contributed by atoms with Crippen molar-refractivity contribution >= 4 is 18.0 Å². The smallest absolute Gasteiger partial charge is 0.305 e. The second-order valence-electron chi connectivity index (χ2n) is 6.88. The van der Waals surface area contributed by atoms with Gasteiger partial charge in [0.15, 0.2) is 0 Å². The summed E-state index contributed by atoms with van der Waals surface area (Å²) in [5.41, 5.74) is 3.09. The molecule has 150 valence electrons. The van der Waals surface area contributed by atoms with Gasteiger partial charge in [0.1, 0.15) is 0 Å². The molecule has 0 saturated heterocycles. The zero-order chi connectivity index (χ0) is 20.1. The molecule has 4 nitrogen and oxygen atoms in total. The molecule has 0 amide bonds. The van der Waals surface area contributed by atoms with Gasteiger partial charge in [0.25, 0.3) is 6.29 Å². The Morgan fingerprint density at radius 3 is 1.96 bits per heavy atom. The second kappa shape index (κ2) is 13.1. The largest absolute Gasteiger partial charge is 0.421 e. The molecule has 0 N–H and O–H groups in total. The van der Waals surface area contributed by atoms with Gasteiger partial charge in [-0.2, -0.15) is 0 Å². The van der Waals surface area contributed by atoms with Gasteiger partial charge in [-0.25, -0.2) is 0 Å². The van der Waals surface area contributed by atoms with Crippen molar-refractivity contribution in [1.82, 2.24) is 0 Å². The average Bonchev–Trinajstić information content (AvgIpc) is 2.62. The van der Waals surface area contributed by atoms with E-state index in [0.717, 1.165) is 17.6 Å². The lowest BCUT2D eigenvalue weighted by molar-refractivity contribution is -0.178. The summed E-state index contributed by atoms with van der Waals surface area (Å²) in [7, 11) is 0. The Labute approximate surface area is 163 Å². The maximum absolute atomic E-state index is 11.3. The van der Waals surface area contributed by atoms with Crippen LogP contribution in [-0.2, 0) is 25.5 Å². The Balaban J connectivity index is 2.67. The molecule has 0 aliphatic rings. The molecular weight excluding hydrogens is 340 g/mol. The highest BCUT2D eigenvalue weighted by Gasteiger charge is 2.19. The third-order valence-corrected chi connectivity index (χ3v) is 4.41. The average molecular weight is 375 g/mol. The molecule has 0 saturated carbocycles. The van der Waals surface area contributed by atoms with Crippen molar-refractivity contribution in [3.63, 3.8) is 0 Å². The van der Waals surface area contributed by atoms with Crippen LogP contribution >= 0.6 is 0 Å². The summed E-state index contributed by atoms with van der Waals surface area (Å²) in [6, 6.07) is 8.39. The Morgan fingerprint density at radius 2 is 1.44 bits per heavy atom. The van der Waals surface area contributed by atoms with Crippen LogP contribution in [0.25, 0.3) is 6.08 Å². The number of unbranched alkanes of at least 4 members (excludes halogenated alkanes) is 5. The summed E-state index contributed by atoms with van der Waals surface area (Å²) in [6.45, 7) is 6.79. The van der Waals surface area contributed by atoms with Crippen LogP contribution in [0, 0.1) is 0 Å². The molecule has 4 heteroatoms. The van der Waals surface area contributed by atoms with Gasteiger partial charge in [-0.15, -0.1) is 0 Å². The molecule has 0 aliphatic heterocycles. The van der Waals surface area contributed by atoms with Crippen LogP contribution in [-0.4, -0.2) is 18.2 Å². The SMILES string of the molecule is CCCCCCCCc1ccc(C=C(CC)C(OC(C)=O)OC(C)=O)cc1. The molecule has 0 bridgehead atoms. The normalized spacial score (nSPS) is 11.5. The van der Waals surface area contributed by atoms with Crippen LogP contribution in [0.4, 0.5) is 0 Å². The highest BCUT2D eigenvalue weighted by Crippen LogP contribution is 2.19. The minimum Gasteiger partial charge on any atom is -0.421 e. The van der Waals surface area contributed by atoms with E-state index in [-0.39, 0.29) is 0 Å².